The van der Waals surface area contributed by atoms with E-state index < -0.39 is 0 Å². The quantitative estimate of drug-likeness (QED) is 0.680. The smallest absolute Gasteiger partial charge is 0.409 e. The average molecular weight is 378 g/mol. The Labute approximate surface area is 158 Å². The Morgan fingerprint density at radius 2 is 2.00 bits per heavy atom. The molecule has 0 aromatic carbocycles. The maximum absolute atomic E-state index is 12.4. The van der Waals surface area contributed by atoms with Crippen molar-refractivity contribution in [2.45, 2.75) is 25.8 Å². The standard InChI is InChI=1S/C18H26N4O5/c1-3-27-18(25)22-9-5-14(6-10-22)21-17(24)15-12-13(4-7-19-15)16(23)20-8-11-26-2/h4,7,12,14H,3,5-6,8-11H2,1-2H3,(H,20,23)(H,21,24). The fourth-order valence-corrected chi connectivity index (χ4v) is 2.75. The third-order valence-corrected chi connectivity index (χ3v) is 4.20. The van der Waals surface area contributed by atoms with Crippen molar-refractivity contribution in [3.8, 4) is 0 Å². The van der Waals surface area contributed by atoms with Crippen molar-refractivity contribution in [2.24, 2.45) is 0 Å². The Hall–Kier alpha value is -2.68. The summed E-state index contributed by atoms with van der Waals surface area (Å²) in [5.41, 5.74) is 0.547. The zero-order chi connectivity index (χ0) is 19.6. The van der Waals surface area contributed by atoms with Gasteiger partial charge in [-0.2, -0.15) is 0 Å². The highest BCUT2D eigenvalue weighted by Gasteiger charge is 2.25. The lowest BCUT2D eigenvalue weighted by atomic mass is 10.1. The van der Waals surface area contributed by atoms with E-state index in [0.29, 0.717) is 51.3 Å². The molecule has 1 saturated heterocycles. The first-order chi connectivity index (χ1) is 13.0. The van der Waals surface area contributed by atoms with E-state index in [1.807, 2.05) is 0 Å². The predicted octanol–water partition coefficient (Wildman–Crippen LogP) is 0.809. The monoisotopic (exact) mass is 378 g/mol. The summed E-state index contributed by atoms with van der Waals surface area (Å²) in [6.45, 7) is 3.96. The Morgan fingerprint density at radius 1 is 1.26 bits per heavy atom. The molecule has 0 unspecified atom stereocenters. The Kier molecular flexibility index (Phi) is 8.00. The van der Waals surface area contributed by atoms with Crippen molar-refractivity contribution in [1.29, 1.82) is 0 Å². The number of carbonyl (C=O) groups is 3. The predicted molar refractivity (Wildman–Crippen MR) is 97.5 cm³/mol. The van der Waals surface area contributed by atoms with E-state index in [1.165, 1.54) is 12.3 Å². The number of methoxy groups -OCH3 is 1. The molecule has 0 radical (unpaired) electrons. The summed E-state index contributed by atoms with van der Waals surface area (Å²) >= 11 is 0. The molecule has 2 heterocycles. The van der Waals surface area contributed by atoms with E-state index >= 15 is 0 Å². The van der Waals surface area contributed by atoms with Crippen molar-refractivity contribution in [3.05, 3.63) is 29.6 Å². The fourth-order valence-electron chi connectivity index (χ4n) is 2.75. The van der Waals surface area contributed by atoms with E-state index in [0.717, 1.165) is 0 Å². The van der Waals surface area contributed by atoms with Gasteiger partial charge in [-0.1, -0.05) is 0 Å². The summed E-state index contributed by atoms with van der Waals surface area (Å²) in [4.78, 5) is 41.9. The van der Waals surface area contributed by atoms with Crippen LogP contribution in [0.3, 0.4) is 0 Å². The highest BCUT2D eigenvalue weighted by atomic mass is 16.6. The number of piperidine rings is 1. The zero-order valence-electron chi connectivity index (χ0n) is 15.7. The van der Waals surface area contributed by atoms with Crippen LogP contribution < -0.4 is 10.6 Å². The maximum atomic E-state index is 12.4. The van der Waals surface area contributed by atoms with Gasteiger partial charge in [-0.05, 0) is 31.9 Å². The van der Waals surface area contributed by atoms with Crippen LogP contribution in [-0.2, 0) is 9.47 Å². The molecule has 0 saturated carbocycles. The number of ether oxygens (including phenoxy) is 2. The van der Waals surface area contributed by atoms with Crippen LogP contribution in [-0.4, -0.2) is 73.8 Å². The van der Waals surface area contributed by atoms with Gasteiger partial charge in [0.05, 0.1) is 13.2 Å². The lowest BCUT2D eigenvalue weighted by Crippen LogP contribution is -2.46. The summed E-state index contributed by atoms with van der Waals surface area (Å²) in [6.07, 6.45) is 2.39. The van der Waals surface area contributed by atoms with Gasteiger partial charge in [0.15, 0.2) is 0 Å². The molecule has 27 heavy (non-hydrogen) atoms. The van der Waals surface area contributed by atoms with E-state index in [1.54, 1.807) is 25.0 Å². The van der Waals surface area contributed by atoms with Crippen LogP contribution in [0.2, 0.25) is 0 Å². The van der Waals surface area contributed by atoms with Crippen LogP contribution >= 0.6 is 0 Å². The van der Waals surface area contributed by atoms with Gasteiger partial charge < -0.3 is 25.0 Å². The molecule has 2 rings (SSSR count). The van der Waals surface area contributed by atoms with Gasteiger partial charge in [0.25, 0.3) is 11.8 Å². The van der Waals surface area contributed by atoms with Crippen LogP contribution in [0.5, 0.6) is 0 Å². The molecule has 0 atom stereocenters. The second kappa shape index (κ2) is 10.5. The van der Waals surface area contributed by atoms with Gasteiger partial charge in [-0.25, -0.2) is 4.79 Å². The van der Waals surface area contributed by atoms with Gasteiger partial charge in [0.2, 0.25) is 0 Å². The van der Waals surface area contributed by atoms with Crippen LogP contribution in [0.25, 0.3) is 0 Å². The number of hydrogen-bond acceptors (Lipinski definition) is 6. The highest BCUT2D eigenvalue weighted by molar-refractivity contribution is 5.98. The molecule has 0 spiro atoms. The molecule has 9 nitrogen and oxygen atoms in total. The van der Waals surface area contributed by atoms with Crippen molar-refractivity contribution in [3.63, 3.8) is 0 Å². The molecule has 0 aliphatic carbocycles. The maximum Gasteiger partial charge on any atom is 0.409 e. The van der Waals surface area contributed by atoms with Crippen molar-refractivity contribution < 1.29 is 23.9 Å². The Bertz CT molecular complexity index is 659. The normalized spacial score (nSPS) is 14.5. The summed E-state index contributed by atoms with van der Waals surface area (Å²) < 4.78 is 9.87. The lowest BCUT2D eigenvalue weighted by molar-refractivity contribution is 0.0856. The Morgan fingerprint density at radius 3 is 2.67 bits per heavy atom. The minimum absolute atomic E-state index is 0.0517. The van der Waals surface area contributed by atoms with Gasteiger partial charge in [0.1, 0.15) is 5.69 Å². The van der Waals surface area contributed by atoms with Gasteiger partial charge >= 0.3 is 6.09 Å². The number of amides is 3. The van der Waals surface area contributed by atoms with Gasteiger partial charge in [-0.3, -0.25) is 14.6 Å². The van der Waals surface area contributed by atoms with E-state index in [-0.39, 0.29) is 29.6 Å². The summed E-state index contributed by atoms with van der Waals surface area (Å²) in [5, 5.41) is 5.61. The number of hydrogen-bond donors (Lipinski definition) is 2. The molecular formula is C18H26N4O5. The van der Waals surface area contributed by atoms with Crippen molar-refractivity contribution in [1.82, 2.24) is 20.5 Å². The molecule has 0 bridgehead atoms. The SMILES string of the molecule is CCOC(=O)N1CCC(NC(=O)c2cc(C(=O)NCCOC)ccn2)CC1. The molecule has 1 fully saturated rings. The molecule has 9 heteroatoms. The summed E-state index contributed by atoms with van der Waals surface area (Å²) in [5.74, 6) is -0.623. The zero-order valence-corrected chi connectivity index (χ0v) is 15.7. The van der Waals surface area contributed by atoms with Gasteiger partial charge in [-0.15, -0.1) is 0 Å². The number of likely N-dealkylation sites (tertiary alicyclic amines) is 1. The molecule has 1 aromatic rings. The molecule has 1 aliphatic heterocycles. The average Bonchev–Trinajstić information content (AvgIpc) is 2.69. The van der Waals surface area contributed by atoms with E-state index in [4.69, 9.17) is 9.47 Å². The second-order valence-corrected chi connectivity index (χ2v) is 6.11. The fraction of sp³-hybridized carbons (Fsp3) is 0.556. The third-order valence-electron chi connectivity index (χ3n) is 4.20. The van der Waals surface area contributed by atoms with Crippen LogP contribution in [0, 0.1) is 0 Å². The van der Waals surface area contributed by atoms with Crippen LogP contribution in [0.15, 0.2) is 18.3 Å². The second-order valence-electron chi connectivity index (χ2n) is 6.11. The third kappa shape index (κ3) is 6.21. The van der Waals surface area contributed by atoms with Gasteiger partial charge in [0, 0.05) is 44.5 Å². The van der Waals surface area contributed by atoms with Crippen LogP contribution in [0.1, 0.15) is 40.6 Å². The first-order valence-corrected chi connectivity index (χ1v) is 9.01. The molecule has 3 amide bonds. The first-order valence-electron chi connectivity index (χ1n) is 9.01. The topological polar surface area (TPSA) is 110 Å². The minimum atomic E-state index is -0.337. The molecular weight excluding hydrogens is 352 g/mol. The molecule has 2 N–H and O–H groups in total. The number of aromatic nitrogens is 1. The first kappa shape index (κ1) is 20.6. The van der Waals surface area contributed by atoms with Crippen molar-refractivity contribution >= 4 is 17.9 Å². The molecule has 1 aromatic heterocycles. The van der Waals surface area contributed by atoms with Crippen molar-refractivity contribution in [2.75, 3.05) is 40.0 Å². The number of nitrogens with one attached hydrogen (secondary N) is 2. The molecule has 1 aliphatic rings. The lowest BCUT2D eigenvalue weighted by Gasteiger charge is -2.31. The Balaban J connectivity index is 1.87. The minimum Gasteiger partial charge on any atom is -0.450 e. The van der Waals surface area contributed by atoms with E-state index in [9.17, 15) is 14.4 Å². The van der Waals surface area contributed by atoms with E-state index in [2.05, 4.69) is 15.6 Å². The summed E-state index contributed by atoms with van der Waals surface area (Å²) in [7, 11) is 1.55. The molecule has 148 valence electrons. The number of nitrogens with zero attached hydrogens (tertiary/aromatic N) is 2. The van der Waals surface area contributed by atoms with Crippen LogP contribution in [0.4, 0.5) is 4.79 Å². The number of rotatable bonds is 7. The number of carbonyl (C=O) groups excluding carboxylic acids is 3. The highest BCUT2D eigenvalue weighted by Crippen LogP contribution is 2.12. The summed E-state index contributed by atoms with van der Waals surface area (Å²) in [6, 6.07) is 2.96. The number of pyridine rings is 1. The largest absolute Gasteiger partial charge is 0.450 e.